The molecule has 0 aliphatic rings. The summed E-state index contributed by atoms with van der Waals surface area (Å²) in [5.41, 5.74) is 0.116. The number of aryl methyl sites for hydroxylation is 1. The quantitative estimate of drug-likeness (QED) is 0.642. The van der Waals surface area contributed by atoms with E-state index in [4.69, 9.17) is 5.11 Å². The summed E-state index contributed by atoms with van der Waals surface area (Å²) in [7, 11) is -9.72. The molecule has 1 heterocycles. The molecule has 0 bridgehead atoms. The van der Waals surface area contributed by atoms with Gasteiger partial charge in [-0.05, 0) is 30.7 Å². The summed E-state index contributed by atoms with van der Waals surface area (Å²) in [4.78, 5) is 16.7. The lowest BCUT2D eigenvalue weighted by molar-refractivity contribution is 0.0689. The lowest BCUT2D eigenvalue weighted by Crippen LogP contribution is -2.09. The lowest BCUT2D eigenvalue weighted by Gasteiger charge is -2.40. The normalized spacial score (nSPS) is 14.5. The fraction of sp³-hybridized carbons (Fsp3) is 0.214. The fourth-order valence-electron chi connectivity index (χ4n) is 1.98. The highest BCUT2D eigenvalue weighted by molar-refractivity contribution is 8.45. The van der Waals surface area contributed by atoms with Gasteiger partial charge in [-0.25, -0.2) is 14.8 Å². The van der Waals surface area contributed by atoms with Crippen molar-refractivity contribution in [1.29, 1.82) is 0 Å². The first-order valence-electron chi connectivity index (χ1n) is 7.00. The van der Waals surface area contributed by atoms with Gasteiger partial charge in [-0.2, -0.15) is 0 Å². The highest BCUT2D eigenvalue weighted by atomic mass is 32.5. The molecule has 0 spiro atoms. The zero-order chi connectivity index (χ0) is 18.9. The highest BCUT2D eigenvalue weighted by Gasteiger charge is 2.65. The molecule has 1 aromatic carbocycles. The van der Waals surface area contributed by atoms with E-state index < -0.39 is 21.1 Å². The number of nitrogens with zero attached hydrogens (tertiary/aromatic N) is 2. The number of anilines is 2. The first-order chi connectivity index (χ1) is 11.3. The Morgan fingerprint density at radius 2 is 1.76 bits per heavy atom. The van der Waals surface area contributed by atoms with Gasteiger partial charge in [0, 0.05) is 5.69 Å². The molecule has 0 atom stereocenters. The monoisotopic (exact) mass is 383 g/mol. The van der Waals surface area contributed by atoms with E-state index >= 15 is 0 Å². The molecular weight excluding hydrogens is 369 g/mol. The minimum Gasteiger partial charge on any atom is -0.476 e. The summed E-state index contributed by atoms with van der Waals surface area (Å²) < 4.78 is 63.5. The third kappa shape index (κ3) is 4.78. The number of carbonyl (C=O) groups is 1. The predicted molar refractivity (Wildman–Crippen MR) is 84.1 cm³/mol. The van der Waals surface area contributed by atoms with Crippen LogP contribution in [0.1, 0.15) is 29.5 Å². The summed E-state index contributed by atoms with van der Waals surface area (Å²) in [5, 5.41) is 11.6. The zero-order valence-corrected chi connectivity index (χ0v) is 13.7. The molecule has 0 aliphatic carbocycles. The van der Waals surface area contributed by atoms with E-state index in [2.05, 4.69) is 15.3 Å². The van der Waals surface area contributed by atoms with Gasteiger partial charge < -0.3 is 10.4 Å². The molecular formula is C14H14F5N3O2S. The number of halogens is 5. The van der Waals surface area contributed by atoms with Gasteiger partial charge in [0.25, 0.3) is 0 Å². The molecule has 0 saturated heterocycles. The average Bonchev–Trinajstić information content (AvgIpc) is 2.47. The first kappa shape index (κ1) is 18.9. The van der Waals surface area contributed by atoms with Crippen molar-refractivity contribution in [1.82, 2.24) is 9.97 Å². The molecule has 2 N–H and O–H groups in total. The summed E-state index contributed by atoms with van der Waals surface area (Å²) in [6.45, 7) is 1.82. The number of carboxylic acids is 1. The fourth-order valence-corrected chi connectivity index (χ4v) is 2.63. The molecule has 5 nitrogen and oxygen atoms in total. The van der Waals surface area contributed by atoms with E-state index in [-0.39, 0.29) is 29.3 Å². The first-order valence-corrected chi connectivity index (χ1v) is 8.95. The SMILES string of the molecule is CCCc1nc(C(=O)O)cnc1Nc1ccc(S(F)(F)(F)(F)F)cc1. The van der Waals surface area contributed by atoms with Crippen LogP contribution in [0, 0.1) is 0 Å². The predicted octanol–water partition coefficient (Wildman–Crippen LogP) is 5.53. The maximum absolute atomic E-state index is 12.7. The number of carboxylic acid groups (broad SMARTS) is 1. The van der Waals surface area contributed by atoms with Crippen LogP contribution in [0.25, 0.3) is 0 Å². The van der Waals surface area contributed by atoms with Crippen LogP contribution in [0.5, 0.6) is 0 Å². The highest BCUT2D eigenvalue weighted by Crippen LogP contribution is 3.02. The molecule has 2 aromatic rings. The Labute approximate surface area is 139 Å². The minimum absolute atomic E-state index is 0.0836. The Morgan fingerprint density at radius 1 is 1.16 bits per heavy atom. The standard InChI is InChI=1S/C14H14F5N3O2S/c1-2-3-11-13(20-8-12(22-11)14(23)24)21-9-4-6-10(7-5-9)25(15,16,17,18)19/h4-8H,2-3H2,1H3,(H,20,21)(H,23,24). The van der Waals surface area contributed by atoms with Crippen LogP contribution >= 0.6 is 10.2 Å². The summed E-state index contributed by atoms with van der Waals surface area (Å²) >= 11 is 0. The number of hydrogen-bond donors (Lipinski definition) is 2. The Bertz CT molecular complexity index is 810. The van der Waals surface area contributed by atoms with Crippen LogP contribution in [-0.2, 0) is 6.42 Å². The molecule has 138 valence electrons. The van der Waals surface area contributed by atoms with Crippen molar-refractivity contribution in [2.24, 2.45) is 0 Å². The molecule has 1 aromatic heterocycles. The van der Waals surface area contributed by atoms with Gasteiger partial charge in [0.05, 0.1) is 11.9 Å². The Balaban J connectivity index is 2.33. The van der Waals surface area contributed by atoms with Crippen LogP contribution in [0.4, 0.5) is 30.9 Å². The molecule has 0 amide bonds. The molecule has 25 heavy (non-hydrogen) atoms. The van der Waals surface area contributed by atoms with Crippen LogP contribution in [0.15, 0.2) is 35.4 Å². The Morgan fingerprint density at radius 3 is 2.24 bits per heavy atom. The third-order valence-corrected chi connectivity index (χ3v) is 4.28. The topological polar surface area (TPSA) is 75.1 Å². The lowest BCUT2D eigenvalue weighted by atomic mass is 10.2. The number of benzene rings is 1. The molecule has 2 rings (SSSR count). The van der Waals surface area contributed by atoms with E-state index in [1.54, 1.807) is 0 Å². The second-order valence-electron chi connectivity index (χ2n) is 5.22. The van der Waals surface area contributed by atoms with Crippen LogP contribution in [0.3, 0.4) is 0 Å². The maximum Gasteiger partial charge on any atom is 0.356 e. The van der Waals surface area contributed by atoms with Gasteiger partial charge in [-0.1, -0.05) is 32.8 Å². The second kappa shape index (κ2) is 5.55. The van der Waals surface area contributed by atoms with E-state index in [0.29, 0.717) is 18.5 Å². The largest absolute Gasteiger partial charge is 0.476 e. The molecule has 11 heteroatoms. The smallest absolute Gasteiger partial charge is 0.356 e. The molecule has 0 saturated carbocycles. The summed E-state index contributed by atoms with van der Waals surface area (Å²) in [6.07, 6.45) is 1.99. The number of aromatic carboxylic acids is 1. The van der Waals surface area contributed by atoms with E-state index in [1.807, 2.05) is 6.92 Å². The summed E-state index contributed by atoms with van der Waals surface area (Å²) in [6, 6.07) is 2.25. The molecule has 0 fully saturated rings. The second-order valence-corrected chi connectivity index (χ2v) is 7.63. The van der Waals surface area contributed by atoms with Gasteiger partial charge in [-0.15, -0.1) is 0 Å². The third-order valence-electron chi connectivity index (χ3n) is 3.11. The minimum atomic E-state index is -9.72. The zero-order valence-electron chi connectivity index (χ0n) is 12.8. The van der Waals surface area contributed by atoms with Gasteiger partial charge in [0.1, 0.15) is 4.90 Å². The van der Waals surface area contributed by atoms with Crippen molar-refractivity contribution in [2.75, 3.05) is 5.32 Å². The molecule has 0 radical (unpaired) electrons. The van der Waals surface area contributed by atoms with Crippen LogP contribution < -0.4 is 5.32 Å². The van der Waals surface area contributed by atoms with Crippen molar-refractivity contribution in [3.8, 4) is 0 Å². The molecule has 0 unspecified atom stereocenters. The maximum atomic E-state index is 12.7. The van der Waals surface area contributed by atoms with E-state index in [1.165, 1.54) is 0 Å². The molecule has 0 aliphatic heterocycles. The van der Waals surface area contributed by atoms with Gasteiger partial charge in [0.2, 0.25) is 0 Å². The van der Waals surface area contributed by atoms with E-state index in [9.17, 15) is 24.2 Å². The number of rotatable bonds is 6. The van der Waals surface area contributed by atoms with Crippen LogP contribution in [0.2, 0.25) is 0 Å². The summed E-state index contributed by atoms with van der Waals surface area (Å²) in [5.74, 6) is -1.12. The van der Waals surface area contributed by atoms with Gasteiger partial charge >= 0.3 is 16.2 Å². The Hall–Kier alpha value is -2.43. The van der Waals surface area contributed by atoms with Crippen molar-refractivity contribution in [2.45, 2.75) is 24.7 Å². The van der Waals surface area contributed by atoms with Crippen molar-refractivity contribution in [3.63, 3.8) is 0 Å². The number of nitrogens with one attached hydrogen (secondary N) is 1. The van der Waals surface area contributed by atoms with Crippen LogP contribution in [-0.4, -0.2) is 21.0 Å². The Kier molecular flexibility index (Phi) is 4.19. The number of hydrogen-bond acceptors (Lipinski definition) is 4. The van der Waals surface area contributed by atoms with Gasteiger partial charge in [-0.3, -0.25) is 0 Å². The van der Waals surface area contributed by atoms with Gasteiger partial charge in [0.15, 0.2) is 11.5 Å². The van der Waals surface area contributed by atoms with Crippen molar-refractivity contribution >= 4 is 27.7 Å². The van der Waals surface area contributed by atoms with Crippen molar-refractivity contribution in [3.05, 3.63) is 41.9 Å². The number of aromatic nitrogens is 2. The van der Waals surface area contributed by atoms with Crippen molar-refractivity contribution < 1.29 is 29.3 Å². The van der Waals surface area contributed by atoms with E-state index in [0.717, 1.165) is 18.3 Å². The average molecular weight is 383 g/mol.